The number of aromatic nitrogens is 3. The molecule has 1 amide bonds. The average Bonchev–Trinajstić information content (AvgIpc) is 2.82. The third-order valence-electron chi connectivity index (χ3n) is 5.44. The molecule has 3 aliphatic rings. The Labute approximate surface area is 152 Å². The molecule has 0 aliphatic carbocycles. The number of carbonyl (C=O) groups is 1. The molecule has 2 aromatic rings. The predicted molar refractivity (Wildman–Crippen MR) is 93.8 cm³/mol. The number of hydrogen-bond donors (Lipinski definition) is 0. The SMILES string of the molecule is COc1nccnc1N1C[C@H]2CC[C@@H](C1)N(Cc1c(C)noc1C)C2=O. The fraction of sp³-hybridized carbons (Fsp3) is 0.556. The van der Waals surface area contributed by atoms with E-state index in [2.05, 4.69) is 20.0 Å². The summed E-state index contributed by atoms with van der Waals surface area (Å²) >= 11 is 0. The molecule has 3 saturated heterocycles. The molecule has 0 saturated carbocycles. The number of hydrogen-bond acceptors (Lipinski definition) is 7. The molecule has 0 spiro atoms. The average molecular weight is 357 g/mol. The van der Waals surface area contributed by atoms with Gasteiger partial charge in [-0.2, -0.15) is 0 Å². The Kier molecular flexibility index (Phi) is 4.26. The first kappa shape index (κ1) is 16.8. The van der Waals surface area contributed by atoms with E-state index >= 15 is 0 Å². The Morgan fingerprint density at radius 1 is 1.23 bits per heavy atom. The van der Waals surface area contributed by atoms with Gasteiger partial charge in [0.15, 0.2) is 5.82 Å². The molecule has 2 atom stereocenters. The van der Waals surface area contributed by atoms with Gasteiger partial charge in [0.05, 0.1) is 25.3 Å². The smallest absolute Gasteiger partial charge is 0.257 e. The Balaban J connectivity index is 1.62. The van der Waals surface area contributed by atoms with Gasteiger partial charge in [-0.05, 0) is 26.7 Å². The number of anilines is 1. The van der Waals surface area contributed by atoms with E-state index in [0.29, 0.717) is 24.8 Å². The summed E-state index contributed by atoms with van der Waals surface area (Å²) in [5, 5.41) is 4.02. The maximum atomic E-state index is 13.1. The monoisotopic (exact) mass is 357 g/mol. The van der Waals surface area contributed by atoms with E-state index in [1.807, 2.05) is 18.7 Å². The molecule has 0 N–H and O–H groups in total. The minimum absolute atomic E-state index is 0.0408. The topological polar surface area (TPSA) is 84.6 Å². The zero-order chi connectivity index (χ0) is 18.3. The maximum absolute atomic E-state index is 13.1. The van der Waals surface area contributed by atoms with Crippen molar-refractivity contribution in [2.24, 2.45) is 5.92 Å². The van der Waals surface area contributed by atoms with Crippen molar-refractivity contribution >= 4 is 11.7 Å². The minimum atomic E-state index is -0.0408. The summed E-state index contributed by atoms with van der Waals surface area (Å²) in [7, 11) is 1.59. The molecule has 0 unspecified atom stereocenters. The van der Waals surface area contributed by atoms with E-state index in [0.717, 1.165) is 36.4 Å². The molecule has 5 rings (SSSR count). The molecule has 8 heteroatoms. The molecule has 0 aromatic carbocycles. The number of nitrogens with zero attached hydrogens (tertiary/aromatic N) is 5. The molecule has 0 radical (unpaired) electrons. The van der Waals surface area contributed by atoms with Crippen LogP contribution in [0.5, 0.6) is 5.88 Å². The van der Waals surface area contributed by atoms with Crippen molar-refractivity contribution in [1.82, 2.24) is 20.0 Å². The van der Waals surface area contributed by atoms with Crippen LogP contribution < -0.4 is 9.64 Å². The van der Waals surface area contributed by atoms with Crippen LogP contribution in [-0.2, 0) is 11.3 Å². The fourth-order valence-corrected chi connectivity index (χ4v) is 4.00. The van der Waals surface area contributed by atoms with Crippen LogP contribution in [-0.4, -0.2) is 52.2 Å². The maximum Gasteiger partial charge on any atom is 0.257 e. The van der Waals surface area contributed by atoms with Gasteiger partial charge in [0.25, 0.3) is 5.88 Å². The summed E-state index contributed by atoms with van der Waals surface area (Å²) in [6.07, 6.45) is 5.16. The first-order chi connectivity index (χ1) is 12.6. The zero-order valence-electron chi connectivity index (χ0n) is 15.3. The van der Waals surface area contributed by atoms with Gasteiger partial charge < -0.3 is 19.1 Å². The lowest BCUT2D eigenvalue weighted by Crippen LogP contribution is -2.47. The lowest BCUT2D eigenvalue weighted by Gasteiger charge is -2.35. The molecule has 2 bridgehead atoms. The van der Waals surface area contributed by atoms with Crippen LogP contribution in [0.4, 0.5) is 5.82 Å². The van der Waals surface area contributed by atoms with Crippen LogP contribution >= 0.6 is 0 Å². The van der Waals surface area contributed by atoms with E-state index in [9.17, 15) is 4.79 Å². The standard InChI is InChI=1S/C18H23N5O3/c1-11-15(12(2)26-21-11)10-23-14-5-4-13(18(23)24)8-22(9-14)16-17(25-3)20-7-6-19-16/h6-7,13-14H,4-5,8-10H2,1-3H3/t13-,14+/m1/s1. The summed E-state index contributed by atoms with van der Waals surface area (Å²) in [6.45, 7) is 5.73. The van der Waals surface area contributed by atoms with Crippen molar-refractivity contribution in [3.63, 3.8) is 0 Å². The summed E-state index contributed by atoms with van der Waals surface area (Å²) in [6, 6.07) is 0.127. The van der Waals surface area contributed by atoms with Gasteiger partial charge >= 0.3 is 0 Å². The molecular weight excluding hydrogens is 334 g/mol. The molecule has 5 heterocycles. The van der Waals surface area contributed by atoms with E-state index in [-0.39, 0.29) is 17.9 Å². The Morgan fingerprint density at radius 2 is 2.04 bits per heavy atom. The summed E-state index contributed by atoms with van der Waals surface area (Å²) in [5.74, 6) is 2.15. The third-order valence-corrected chi connectivity index (χ3v) is 5.44. The van der Waals surface area contributed by atoms with Crippen molar-refractivity contribution in [2.45, 2.75) is 39.3 Å². The number of rotatable bonds is 4. The quantitative estimate of drug-likeness (QED) is 0.823. The summed E-state index contributed by atoms with van der Waals surface area (Å²) in [4.78, 5) is 25.9. The Hall–Kier alpha value is -2.64. The predicted octanol–water partition coefficient (Wildman–Crippen LogP) is 1.72. The number of aryl methyl sites for hydroxylation is 2. The highest BCUT2D eigenvalue weighted by Crippen LogP contribution is 2.34. The van der Waals surface area contributed by atoms with E-state index in [4.69, 9.17) is 9.26 Å². The first-order valence-corrected chi connectivity index (χ1v) is 8.90. The van der Waals surface area contributed by atoms with Crippen molar-refractivity contribution in [3.8, 4) is 5.88 Å². The fourth-order valence-electron chi connectivity index (χ4n) is 4.00. The van der Waals surface area contributed by atoms with Crippen molar-refractivity contribution in [1.29, 1.82) is 0 Å². The number of methoxy groups -OCH3 is 1. The molecule has 2 aromatic heterocycles. The van der Waals surface area contributed by atoms with Gasteiger partial charge in [-0.15, -0.1) is 0 Å². The van der Waals surface area contributed by atoms with Crippen molar-refractivity contribution in [3.05, 3.63) is 29.4 Å². The molecule has 138 valence electrons. The van der Waals surface area contributed by atoms with Crippen LogP contribution in [0.2, 0.25) is 0 Å². The van der Waals surface area contributed by atoms with E-state index in [1.54, 1.807) is 19.5 Å². The normalized spacial score (nSPS) is 22.7. The zero-order valence-corrected chi connectivity index (χ0v) is 15.3. The van der Waals surface area contributed by atoms with Crippen LogP contribution in [0.1, 0.15) is 29.9 Å². The van der Waals surface area contributed by atoms with Gasteiger partial charge in [-0.1, -0.05) is 5.16 Å². The number of amides is 1. The van der Waals surface area contributed by atoms with E-state index in [1.165, 1.54) is 0 Å². The highest BCUT2D eigenvalue weighted by atomic mass is 16.5. The van der Waals surface area contributed by atoms with Gasteiger partial charge in [0.1, 0.15) is 5.76 Å². The van der Waals surface area contributed by atoms with Crippen molar-refractivity contribution < 1.29 is 14.1 Å². The molecule has 8 nitrogen and oxygen atoms in total. The molecule has 3 aliphatic heterocycles. The van der Waals surface area contributed by atoms with Crippen LogP contribution in [0.3, 0.4) is 0 Å². The van der Waals surface area contributed by atoms with Gasteiger partial charge in [0.2, 0.25) is 5.91 Å². The minimum Gasteiger partial charge on any atom is -0.478 e. The number of carbonyl (C=O) groups excluding carboxylic acids is 1. The van der Waals surface area contributed by atoms with Gasteiger partial charge in [0, 0.05) is 37.1 Å². The number of ether oxygens (including phenoxy) is 1. The van der Waals surface area contributed by atoms with Crippen LogP contribution in [0.15, 0.2) is 16.9 Å². The second kappa shape index (κ2) is 6.59. The lowest BCUT2D eigenvalue weighted by atomic mass is 9.93. The van der Waals surface area contributed by atoms with E-state index < -0.39 is 0 Å². The number of fused-ring (bicyclic) bond motifs is 4. The summed E-state index contributed by atoms with van der Waals surface area (Å²) < 4.78 is 10.6. The van der Waals surface area contributed by atoms with Crippen molar-refractivity contribution in [2.75, 3.05) is 25.1 Å². The molecular formula is C18H23N5O3. The largest absolute Gasteiger partial charge is 0.478 e. The first-order valence-electron chi connectivity index (χ1n) is 8.90. The highest BCUT2D eigenvalue weighted by molar-refractivity contribution is 5.81. The van der Waals surface area contributed by atoms with Gasteiger partial charge in [-0.3, -0.25) is 4.79 Å². The second-order valence-electron chi connectivity index (χ2n) is 6.99. The van der Waals surface area contributed by atoms with Crippen LogP contribution in [0, 0.1) is 19.8 Å². The highest BCUT2D eigenvalue weighted by Gasteiger charge is 2.42. The summed E-state index contributed by atoms with van der Waals surface area (Å²) in [5.41, 5.74) is 1.86. The Bertz CT molecular complexity index is 801. The molecule has 26 heavy (non-hydrogen) atoms. The number of piperidine rings is 1. The Morgan fingerprint density at radius 3 is 2.77 bits per heavy atom. The molecule has 3 fully saturated rings. The third kappa shape index (κ3) is 2.79. The van der Waals surface area contributed by atoms with Crippen LogP contribution in [0.25, 0.3) is 0 Å². The van der Waals surface area contributed by atoms with Gasteiger partial charge in [-0.25, -0.2) is 9.97 Å². The second-order valence-corrected chi connectivity index (χ2v) is 6.99. The lowest BCUT2D eigenvalue weighted by molar-refractivity contribution is -0.140.